The third-order valence-corrected chi connectivity index (χ3v) is 4.30. The fourth-order valence-corrected chi connectivity index (χ4v) is 2.78. The van der Waals surface area contributed by atoms with Crippen molar-refractivity contribution >= 4 is 11.8 Å². The molecule has 0 aliphatic rings. The molecule has 0 saturated heterocycles. The Labute approximate surface area is 159 Å². The second-order valence-electron chi connectivity index (χ2n) is 6.35. The number of carbonyl (C=O) groups excluding carboxylic acids is 1. The zero-order chi connectivity index (χ0) is 18.9. The number of aliphatic hydroxyl groups excluding tert-OH is 1. The van der Waals surface area contributed by atoms with Crippen LogP contribution >= 0.6 is 0 Å². The highest BCUT2D eigenvalue weighted by Crippen LogP contribution is 2.19. The number of carbonyl (C=O) groups is 1. The van der Waals surface area contributed by atoms with Gasteiger partial charge in [0.15, 0.2) is 0 Å². The lowest BCUT2D eigenvalue weighted by Gasteiger charge is -2.11. The number of aryl methyl sites for hydroxylation is 1. The van der Waals surface area contributed by atoms with Gasteiger partial charge in [0.1, 0.15) is 6.61 Å². The van der Waals surface area contributed by atoms with Gasteiger partial charge in [-0.1, -0.05) is 72.8 Å². The molecule has 0 aliphatic carbocycles. The van der Waals surface area contributed by atoms with Gasteiger partial charge in [-0.3, -0.25) is 5.32 Å². The lowest BCUT2D eigenvalue weighted by Crippen LogP contribution is -2.13. The van der Waals surface area contributed by atoms with Crippen molar-refractivity contribution in [3.8, 4) is 0 Å². The van der Waals surface area contributed by atoms with Gasteiger partial charge < -0.3 is 9.84 Å². The summed E-state index contributed by atoms with van der Waals surface area (Å²) in [6.07, 6.45) is 0.452. The van der Waals surface area contributed by atoms with E-state index in [-0.39, 0.29) is 6.61 Å². The van der Waals surface area contributed by atoms with E-state index in [1.54, 1.807) is 0 Å². The van der Waals surface area contributed by atoms with E-state index in [2.05, 4.69) is 5.32 Å². The number of hydrogen-bond donors (Lipinski definition) is 2. The lowest BCUT2D eigenvalue weighted by atomic mass is 10.0. The molecule has 1 amide bonds. The van der Waals surface area contributed by atoms with E-state index < -0.39 is 12.2 Å². The second kappa shape index (κ2) is 9.55. The minimum atomic E-state index is -0.480. The number of hydrogen-bond acceptors (Lipinski definition) is 3. The van der Waals surface area contributed by atoms with Crippen molar-refractivity contribution in [1.29, 1.82) is 0 Å². The predicted molar refractivity (Wildman–Crippen MR) is 106 cm³/mol. The van der Waals surface area contributed by atoms with Crippen LogP contribution in [0.1, 0.15) is 29.2 Å². The van der Waals surface area contributed by atoms with Gasteiger partial charge in [-0.2, -0.15) is 0 Å². The Kier molecular flexibility index (Phi) is 6.61. The number of anilines is 1. The maximum Gasteiger partial charge on any atom is 0.411 e. The average Bonchev–Trinajstić information content (AvgIpc) is 2.73. The molecule has 0 aromatic heterocycles. The molecule has 0 heterocycles. The molecule has 0 saturated carbocycles. The Bertz CT molecular complexity index is 833. The molecule has 3 rings (SSSR count). The van der Waals surface area contributed by atoms with E-state index in [4.69, 9.17) is 4.74 Å². The molecule has 138 valence electrons. The van der Waals surface area contributed by atoms with Gasteiger partial charge in [0.25, 0.3) is 0 Å². The fraction of sp³-hybridized carbons (Fsp3) is 0.174. The number of ether oxygens (including phenoxy) is 1. The van der Waals surface area contributed by atoms with Crippen LogP contribution in [0.4, 0.5) is 10.5 Å². The molecule has 1 atom stereocenters. The zero-order valence-corrected chi connectivity index (χ0v) is 15.0. The molecule has 4 nitrogen and oxygen atoms in total. The van der Waals surface area contributed by atoms with Crippen LogP contribution in [0.15, 0.2) is 84.9 Å². The molecular formula is C23H23NO3. The first kappa shape index (κ1) is 18.7. The SMILES string of the molecule is O=C(Nc1ccc(CCC(O)c2ccccc2)cc1)OCc1ccccc1. The summed E-state index contributed by atoms with van der Waals surface area (Å²) in [6.45, 7) is 0.238. The number of nitrogens with one attached hydrogen (secondary N) is 1. The van der Waals surface area contributed by atoms with Crippen LogP contribution in [-0.4, -0.2) is 11.2 Å². The van der Waals surface area contributed by atoms with Crippen LogP contribution in [0.25, 0.3) is 0 Å². The van der Waals surface area contributed by atoms with Crippen molar-refractivity contribution in [2.75, 3.05) is 5.32 Å². The van der Waals surface area contributed by atoms with E-state index in [9.17, 15) is 9.90 Å². The average molecular weight is 361 g/mol. The molecule has 0 spiro atoms. The highest BCUT2D eigenvalue weighted by atomic mass is 16.5. The van der Waals surface area contributed by atoms with Crippen molar-refractivity contribution in [3.63, 3.8) is 0 Å². The summed E-state index contributed by atoms with van der Waals surface area (Å²) in [5.74, 6) is 0. The normalized spacial score (nSPS) is 11.6. The van der Waals surface area contributed by atoms with Crippen molar-refractivity contribution in [1.82, 2.24) is 0 Å². The van der Waals surface area contributed by atoms with Crippen LogP contribution in [0.5, 0.6) is 0 Å². The third kappa shape index (κ3) is 5.97. The van der Waals surface area contributed by atoms with Gasteiger partial charge in [-0.15, -0.1) is 0 Å². The monoisotopic (exact) mass is 361 g/mol. The minimum Gasteiger partial charge on any atom is -0.444 e. The highest BCUT2D eigenvalue weighted by Gasteiger charge is 2.08. The molecule has 1 unspecified atom stereocenters. The summed E-state index contributed by atoms with van der Waals surface area (Å²) in [5.41, 5.74) is 3.66. The maximum atomic E-state index is 11.9. The van der Waals surface area contributed by atoms with Gasteiger partial charge >= 0.3 is 6.09 Å². The Morgan fingerprint density at radius 3 is 2.15 bits per heavy atom. The van der Waals surface area contributed by atoms with Crippen molar-refractivity contribution in [2.24, 2.45) is 0 Å². The Morgan fingerprint density at radius 2 is 1.48 bits per heavy atom. The van der Waals surface area contributed by atoms with Crippen LogP contribution in [0.2, 0.25) is 0 Å². The van der Waals surface area contributed by atoms with Gasteiger partial charge in [-0.25, -0.2) is 4.79 Å². The van der Waals surface area contributed by atoms with Gasteiger partial charge in [0, 0.05) is 5.69 Å². The summed E-state index contributed by atoms with van der Waals surface area (Å²) < 4.78 is 5.21. The van der Waals surface area contributed by atoms with E-state index in [1.807, 2.05) is 84.9 Å². The Hall–Kier alpha value is -3.11. The maximum absolute atomic E-state index is 11.9. The van der Waals surface area contributed by atoms with Crippen LogP contribution in [0.3, 0.4) is 0 Å². The van der Waals surface area contributed by atoms with Crippen LogP contribution in [-0.2, 0) is 17.8 Å². The number of rotatable bonds is 7. The summed E-state index contributed by atoms with van der Waals surface area (Å²) in [6, 6.07) is 26.8. The minimum absolute atomic E-state index is 0.238. The number of aliphatic hydroxyl groups is 1. The van der Waals surface area contributed by atoms with Gasteiger partial charge in [-0.05, 0) is 41.7 Å². The molecule has 0 bridgehead atoms. The third-order valence-electron chi connectivity index (χ3n) is 4.30. The molecule has 2 N–H and O–H groups in total. The topological polar surface area (TPSA) is 58.6 Å². The van der Waals surface area contributed by atoms with E-state index >= 15 is 0 Å². The number of benzene rings is 3. The lowest BCUT2D eigenvalue weighted by molar-refractivity contribution is 0.155. The molecule has 0 aliphatic heterocycles. The smallest absolute Gasteiger partial charge is 0.411 e. The summed E-state index contributed by atoms with van der Waals surface area (Å²) in [4.78, 5) is 11.9. The van der Waals surface area contributed by atoms with Gasteiger partial charge in [0.05, 0.1) is 6.10 Å². The first-order valence-corrected chi connectivity index (χ1v) is 9.00. The van der Waals surface area contributed by atoms with E-state index in [1.165, 1.54) is 0 Å². The summed E-state index contributed by atoms with van der Waals surface area (Å²) in [7, 11) is 0. The quantitative estimate of drug-likeness (QED) is 0.615. The summed E-state index contributed by atoms with van der Waals surface area (Å²) in [5, 5.41) is 13.0. The zero-order valence-electron chi connectivity index (χ0n) is 15.0. The van der Waals surface area contributed by atoms with Crippen molar-refractivity contribution < 1.29 is 14.6 Å². The fourth-order valence-electron chi connectivity index (χ4n) is 2.78. The predicted octanol–water partition coefficient (Wildman–Crippen LogP) is 5.10. The van der Waals surface area contributed by atoms with Crippen molar-refractivity contribution in [2.45, 2.75) is 25.6 Å². The molecule has 0 radical (unpaired) electrons. The first-order chi connectivity index (χ1) is 13.2. The standard InChI is InChI=1S/C23H23NO3/c25-22(20-9-5-2-6-10-20)16-13-18-11-14-21(15-12-18)24-23(26)27-17-19-7-3-1-4-8-19/h1-12,14-15,22,25H,13,16-17H2,(H,24,26). The molecule has 0 fully saturated rings. The van der Waals surface area contributed by atoms with E-state index in [0.717, 1.165) is 23.1 Å². The molecule has 3 aromatic carbocycles. The van der Waals surface area contributed by atoms with Crippen molar-refractivity contribution in [3.05, 3.63) is 102 Å². The summed E-state index contributed by atoms with van der Waals surface area (Å²) >= 11 is 0. The first-order valence-electron chi connectivity index (χ1n) is 9.00. The van der Waals surface area contributed by atoms with Gasteiger partial charge in [0.2, 0.25) is 0 Å². The molecule has 4 heteroatoms. The van der Waals surface area contributed by atoms with Crippen LogP contribution in [0, 0.1) is 0 Å². The molecule has 3 aromatic rings. The molecule has 27 heavy (non-hydrogen) atoms. The second-order valence-corrected chi connectivity index (χ2v) is 6.35. The highest BCUT2D eigenvalue weighted by molar-refractivity contribution is 5.84. The Balaban J connectivity index is 1.45. The Morgan fingerprint density at radius 1 is 0.852 bits per heavy atom. The van der Waals surface area contributed by atoms with E-state index in [0.29, 0.717) is 12.1 Å². The molecular weight excluding hydrogens is 338 g/mol. The van der Waals surface area contributed by atoms with Crippen LogP contribution < -0.4 is 5.32 Å². The largest absolute Gasteiger partial charge is 0.444 e. The number of amides is 1.